The molecule has 0 saturated carbocycles. The van der Waals surface area contributed by atoms with Crippen molar-refractivity contribution in [3.05, 3.63) is 35.4 Å². The van der Waals surface area contributed by atoms with Crippen LogP contribution in [0.2, 0.25) is 0 Å². The van der Waals surface area contributed by atoms with Crippen molar-refractivity contribution in [1.82, 2.24) is 15.5 Å². The summed E-state index contributed by atoms with van der Waals surface area (Å²) in [4.78, 5) is 7.33. The highest BCUT2D eigenvalue weighted by Gasteiger charge is 2.16. The number of piperidine rings is 1. The number of benzene rings is 1. The van der Waals surface area contributed by atoms with E-state index in [9.17, 15) is 0 Å². The summed E-state index contributed by atoms with van der Waals surface area (Å²) < 4.78 is 11.2. The molecule has 2 fully saturated rings. The summed E-state index contributed by atoms with van der Waals surface area (Å²) in [7, 11) is 0. The molecule has 2 unspecified atom stereocenters. The summed E-state index contributed by atoms with van der Waals surface area (Å²) in [6.45, 7) is 13.7. The van der Waals surface area contributed by atoms with Gasteiger partial charge in [0.2, 0.25) is 0 Å². The molecule has 1 aromatic carbocycles. The van der Waals surface area contributed by atoms with Gasteiger partial charge in [-0.3, -0.25) is 4.90 Å². The predicted molar refractivity (Wildman–Crippen MR) is 127 cm³/mol. The van der Waals surface area contributed by atoms with Crippen molar-refractivity contribution >= 4 is 5.96 Å². The van der Waals surface area contributed by atoms with Gasteiger partial charge in [-0.2, -0.15) is 0 Å². The van der Waals surface area contributed by atoms with Crippen LogP contribution >= 0.6 is 0 Å². The summed E-state index contributed by atoms with van der Waals surface area (Å²) >= 11 is 0. The van der Waals surface area contributed by atoms with Crippen molar-refractivity contribution in [3.8, 4) is 0 Å². The summed E-state index contributed by atoms with van der Waals surface area (Å²) in [5.74, 6) is 2.28. The molecule has 174 valence electrons. The third kappa shape index (κ3) is 9.17. The topological polar surface area (TPSA) is 58.1 Å². The van der Waals surface area contributed by atoms with E-state index in [1.165, 1.54) is 37.1 Å². The van der Waals surface area contributed by atoms with E-state index in [0.717, 1.165) is 70.8 Å². The van der Waals surface area contributed by atoms with Gasteiger partial charge in [0.1, 0.15) is 0 Å². The summed E-state index contributed by atoms with van der Waals surface area (Å²) in [5.41, 5.74) is 2.64. The molecular formula is C25H42N4O2. The van der Waals surface area contributed by atoms with Crippen molar-refractivity contribution in [2.75, 3.05) is 52.6 Å². The van der Waals surface area contributed by atoms with Crippen molar-refractivity contribution in [2.24, 2.45) is 16.8 Å². The fourth-order valence-corrected chi connectivity index (χ4v) is 4.30. The Kier molecular flexibility index (Phi) is 10.6. The highest BCUT2D eigenvalue weighted by Crippen LogP contribution is 2.18. The third-order valence-electron chi connectivity index (χ3n) is 6.07. The molecule has 6 heteroatoms. The van der Waals surface area contributed by atoms with Crippen LogP contribution in [0.25, 0.3) is 0 Å². The zero-order chi connectivity index (χ0) is 21.7. The monoisotopic (exact) mass is 430 g/mol. The molecule has 31 heavy (non-hydrogen) atoms. The van der Waals surface area contributed by atoms with Gasteiger partial charge in [0.05, 0.1) is 19.8 Å². The summed E-state index contributed by atoms with van der Waals surface area (Å²) in [6, 6.07) is 8.96. The maximum absolute atomic E-state index is 5.78. The van der Waals surface area contributed by atoms with E-state index in [-0.39, 0.29) is 0 Å². The van der Waals surface area contributed by atoms with Crippen LogP contribution in [0.3, 0.4) is 0 Å². The SMILES string of the molecule is CCNC(=NCc1ccc(CN2CCCC(C)C2)cc1)NCCCOCC1CCOC1. The zero-order valence-electron chi connectivity index (χ0n) is 19.6. The normalized spacial score (nSPS) is 22.6. The Morgan fingerprint density at radius 2 is 2.03 bits per heavy atom. The van der Waals surface area contributed by atoms with Crippen LogP contribution < -0.4 is 10.6 Å². The van der Waals surface area contributed by atoms with Gasteiger partial charge in [-0.25, -0.2) is 4.99 Å². The highest BCUT2D eigenvalue weighted by atomic mass is 16.5. The second-order valence-electron chi connectivity index (χ2n) is 9.08. The van der Waals surface area contributed by atoms with Gasteiger partial charge < -0.3 is 20.1 Å². The fraction of sp³-hybridized carbons (Fsp3) is 0.720. The van der Waals surface area contributed by atoms with E-state index in [1.54, 1.807) is 0 Å². The number of nitrogens with one attached hydrogen (secondary N) is 2. The molecule has 2 aliphatic heterocycles. The van der Waals surface area contributed by atoms with Crippen LogP contribution in [0.4, 0.5) is 0 Å². The second-order valence-corrected chi connectivity index (χ2v) is 9.08. The Bertz CT molecular complexity index is 643. The van der Waals surface area contributed by atoms with Crippen LogP contribution in [-0.2, 0) is 22.6 Å². The number of guanidine groups is 1. The molecule has 0 aliphatic carbocycles. The Morgan fingerprint density at radius 3 is 2.77 bits per heavy atom. The van der Waals surface area contributed by atoms with Gasteiger partial charge in [0, 0.05) is 45.3 Å². The van der Waals surface area contributed by atoms with E-state index in [2.05, 4.69) is 53.6 Å². The van der Waals surface area contributed by atoms with Crippen LogP contribution in [0.15, 0.2) is 29.3 Å². The third-order valence-corrected chi connectivity index (χ3v) is 6.07. The summed E-state index contributed by atoms with van der Waals surface area (Å²) in [5, 5.41) is 6.75. The number of aliphatic imine (C=N–C) groups is 1. The van der Waals surface area contributed by atoms with Crippen molar-refractivity contribution in [2.45, 2.75) is 52.6 Å². The largest absolute Gasteiger partial charge is 0.381 e. The number of hydrogen-bond donors (Lipinski definition) is 2. The van der Waals surface area contributed by atoms with Gasteiger partial charge in [0.15, 0.2) is 5.96 Å². The molecule has 6 nitrogen and oxygen atoms in total. The Balaban J connectivity index is 1.35. The van der Waals surface area contributed by atoms with E-state index < -0.39 is 0 Å². The van der Waals surface area contributed by atoms with Gasteiger partial charge >= 0.3 is 0 Å². The number of nitrogens with zero attached hydrogens (tertiary/aromatic N) is 2. The molecule has 0 radical (unpaired) electrons. The minimum atomic E-state index is 0.585. The smallest absolute Gasteiger partial charge is 0.191 e. The van der Waals surface area contributed by atoms with Crippen LogP contribution in [0, 0.1) is 11.8 Å². The van der Waals surface area contributed by atoms with E-state index in [4.69, 9.17) is 14.5 Å². The van der Waals surface area contributed by atoms with Crippen molar-refractivity contribution in [3.63, 3.8) is 0 Å². The first-order valence-corrected chi connectivity index (χ1v) is 12.2. The lowest BCUT2D eigenvalue weighted by atomic mass is 9.99. The molecule has 3 rings (SSSR count). The van der Waals surface area contributed by atoms with Crippen LogP contribution in [-0.4, -0.2) is 63.5 Å². The zero-order valence-corrected chi connectivity index (χ0v) is 19.6. The fourth-order valence-electron chi connectivity index (χ4n) is 4.30. The number of hydrogen-bond acceptors (Lipinski definition) is 4. The molecule has 1 aromatic rings. The highest BCUT2D eigenvalue weighted by molar-refractivity contribution is 5.79. The maximum atomic E-state index is 5.78. The van der Waals surface area contributed by atoms with Gasteiger partial charge in [-0.15, -0.1) is 0 Å². The average Bonchev–Trinajstić information content (AvgIpc) is 3.29. The molecule has 2 atom stereocenters. The van der Waals surface area contributed by atoms with Crippen LogP contribution in [0.1, 0.15) is 50.7 Å². The molecule has 2 heterocycles. The van der Waals surface area contributed by atoms with E-state index in [0.29, 0.717) is 12.5 Å². The van der Waals surface area contributed by atoms with Gasteiger partial charge in [-0.05, 0) is 56.2 Å². The molecule has 2 N–H and O–H groups in total. The minimum absolute atomic E-state index is 0.585. The number of rotatable bonds is 11. The molecule has 0 spiro atoms. The Hall–Kier alpha value is -1.63. The molecule has 0 bridgehead atoms. The molecular weight excluding hydrogens is 388 g/mol. The predicted octanol–water partition coefficient (Wildman–Crippen LogP) is 3.42. The van der Waals surface area contributed by atoms with Crippen LogP contribution in [0.5, 0.6) is 0 Å². The standard InChI is InChI=1S/C25H42N4O2/c1-3-26-25(27-12-5-14-30-19-24-11-15-31-20-24)28-16-22-7-9-23(10-8-22)18-29-13-4-6-21(2)17-29/h7-10,21,24H,3-6,11-20H2,1-2H3,(H2,26,27,28). The lowest BCUT2D eigenvalue weighted by Crippen LogP contribution is -2.38. The minimum Gasteiger partial charge on any atom is -0.381 e. The van der Waals surface area contributed by atoms with E-state index >= 15 is 0 Å². The van der Waals surface area contributed by atoms with Crippen molar-refractivity contribution in [1.29, 1.82) is 0 Å². The molecule has 0 aromatic heterocycles. The van der Waals surface area contributed by atoms with Gasteiger partial charge in [0.25, 0.3) is 0 Å². The average molecular weight is 431 g/mol. The summed E-state index contributed by atoms with van der Waals surface area (Å²) in [6.07, 6.45) is 4.81. The molecule has 2 aliphatic rings. The van der Waals surface area contributed by atoms with Gasteiger partial charge in [-0.1, -0.05) is 31.2 Å². The second kappa shape index (κ2) is 13.7. The molecule has 2 saturated heterocycles. The first kappa shape index (κ1) is 24.0. The lowest BCUT2D eigenvalue weighted by Gasteiger charge is -2.30. The first-order chi connectivity index (χ1) is 15.2. The quantitative estimate of drug-likeness (QED) is 0.320. The van der Waals surface area contributed by atoms with Crippen molar-refractivity contribution < 1.29 is 9.47 Å². The molecule has 0 amide bonds. The number of likely N-dealkylation sites (tertiary alicyclic amines) is 1. The number of ether oxygens (including phenoxy) is 2. The maximum Gasteiger partial charge on any atom is 0.191 e. The lowest BCUT2D eigenvalue weighted by molar-refractivity contribution is 0.0888. The first-order valence-electron chi connectivity index (χ1n) is 12.2. The Morgan fingerprint density at radius 1 is 1.19 bits per heavy atom. The van der Waals surface area contributed by atoms with E-state index in [1.807, 2.05) is 0 Å². The Labute approximate surface area is 188 Å².